The summed E-state index contributed by atoms with van der Waals surface area (Å²) in [5, 5.41) is 0. The lowest BCUT2D eigenvalue weighted by Gasteiger charge is -2.37. The van der Waals surface area contributed by atoms with Crippen LogP contribution in [-0.4, -0.2) is 69.1 Å². The molecule has 0 unspecified atom stereocenters. The number of piperazine rings is 1. The van der Waals surface area contributed by atoms with Gasteiger partial charge in [-0.2, -0.15) is 0 Å². The molecule has 6 nitrogen and oxygen atoms in total. The summed E-state index contributed by atoms with van der Waals surface area (Å²) in [4.78, 5) is 16.2. The van der Waals surface area contributed by atoms with E-state index in [-0.39, 0.29) is 11.8 Å². The molecular formula is C18H28N3O3S+. The van der Waals surface area contributed by atoms with Gasteiger partial charge >= 0.3 is 0 Å². The fourth-order valence-corrected chi connectivity index (χ4v) is 4.72. The van der Waals surface area contributed by atoms with E-state index in [9.17, 15) is 13.2 Å². The molecule has 0 radical (unpaired) electrons. The number of carbonyl (C=O) groups is 1. The Balaban J connectivity index is 1.51. The molecule has 1 atom stereocenters. The molecule has 1 amide bonds. The Kier molecular flexibility index (Phi) is 5.76. The van der Waals surface area contributed by atoms with Gasteiger partial charge in [-0.15, -0.1) is 0 Å². The lowest BCUT2D eigenvalue weighted by Crippen LogP contribution is -3.13. The maximum Gasteiger partial charge on any atom is 0.227 e. The van der Waals surface area contributed by atoms with Gasteiger partial charge in [0, 0.05) is 18.7 Å². The lowest BCUT2D eigenvalue weighted by molar-refractivity contribution is -0.917. The average Bonchev–Trinajstić information content (AvgIpc) is 2.62. The fourth-order valence-electron chi connectivity index (χ4n) is 3.81. The van der Waals surface area contributed by atoms with Crippen LogP contribution in [0.3, 0.4) is 0 Å². The van der Waals surface area contributed by atoms with Crippen molar-refractivity contribution < 1.29 is 18.1 Å². The molecule has 138 valence electrons. The second kappa shape index (κ2) is 7.85. The minimum atomic E-state index is -3.21. The van der Waals surface area contributed by atoms with Crippen molar-refractivity contribution in [1.29, 1.82) is 0 Å². The monoisotopic (exact) mass is 366 g/mol. The number of amides is 1. The zero-order valence-corrected chi connectivity index (χ0v) is 15.7. The molecule has 2 aliphatic rings. The number of benzene rings is 1. The maximum atomic E-state index is 12.8. The number of piperidine rings is 1. The smallest absolute Gasteiger partial charge is 0.227 e. The van der Waals surface area contributed by atoms with Crippen LogP contribution in [0.4, 0.5) is 0 Å². The summed E-state index contributed by atoms with van der Waals surface area (Å²) < 4.78 is 24.9. The second-order valence-corrected chi connectivity index (χ2v) is 9.18. The van der Waals surface area contributed by atoms with E-state index in [0.717, 1.165) is 45.6 Å². The molecule has 3 rings (SSSR count). The van der Waals surface area contributed by atoms with Crippen molar-refractivity contribution in [3.05, 3.63) is 35.9 Å². The summed E-state index contributed by atoms with van der Waals surface area (Å²) in [7, 11) is -3.21. The van der Waals surface area contributed by atoms with Gasteiger partial charge in [-0.25, -0.2) is 12.7 Å². The molecule has 0 bridgehead atoms. The third-order valence-electron chi connectivity index (χ3n) is 5.28. The Hall–Kier alpha value is -1.44. The largest absolute Gasteiger partial charge is 0.331 e. The summed E-state index contributed by atoms with van der Waals surface area (Å²) >= 11 is 0. The molecule has 0 aliphatic carbocycles. The van der Waals surface area contributed by atoms with Gasteiger partial charge in [0.25, 0.3) is 0 Å². The highest BCUT2D eigenvalue weighted by molar-refractivity contribution is 7.88. The highest BCUT2D eigenvalue weighted by Gasteiger charge is 2.34. The first-order valence-corrected chi connectivity index (χ1v) is 10.9. The lowest BCUT2D eigenvalue weighted by atomic mass is 9.97. The number of hydrogen-bond donors (Lipinski definition) is 1. The summed E-state index contributed by atoms with van der Waals surface area (Å²) in [6.45, 7) is 5.29. The third kappa shape index (κ3) is 4.80. The highest BCUT2D eigenvalue weighted by atomic mass is 32.2. The van der Waals surface area contributed by atoms with Crippen LogP contribution in [-0.2, 0) is 21.4 Å². The zero-order chi connectivity index (χ0) is 17.9. The van der Waals surface area contributed by atoms with E-state index in [1.54, 1.807) is 0 Å². The predicted molar refractivity (Wildman–Crippen MR) is 96.6 cm³/mol. The second-order valence-electron chi connectivity index (χ2n) is 7.20. The number of carbonyl (C=O) groups excluding carboxylic acids is 1. The molecule has 7 heteroatoms. The Morgan fingerprint density at radius 2 is 1.84 bits per heavy atom. The first kappa shape index (κ1) is 18.4. The van der Waals surface area contributed by atoms with E-state index >= 15 is 0 Å². The Labute approximate surface area is 150 Å². The van der Waals surface area contributed by atoms with Gasteiger partial charge in [-0.3, -0.25) is 4.79 Å². The van der Waals surface area contributed by atoms with E-state index in [1.807, 2.05) is 11.0 Å². The van der Waals surface area contributed by atoms with Crippen LogP contribution >= 0.6 is 0 Å². The molecular weight excluding hydrogens is 338 g/mol. The van der Waals surface area contributed by atoms with Crippen molar-refractivity contribution in [1.82, 2.24) is 9.21 Å². The number of nitrogens with one attached hydrogen (secondary N) is 1. The van der Waals surface area contributed by atoms with Crippen LogP contribution in [0.15, 0.2) is 30.3 Å². The number of quaternary nitrogens is 1. The molecule has 25 heavy (non-hydrogen) atoms. The number of hydrogen-bond acceptors (Lipinski definition) is 3. The maximum absolute atomic E-state index is 12.8. The molecule has 0 spiro atoms. The number of nitrogens with zero attached hydrogens (tertiary/aromatic N) is 2. The molecule has 1 aromatic carbocycles. The Morgan fingerprint density at radius 1 is 1.16 bits per heavy atom. The standard InChI is InChI=1S/C18H27N3O3S/c1-25(23,24)21-9-5-8-17(15-21)18(22)20-12-10-19(11-13-20)14-16-6-3-2-4-7-16/h2-4,6-7,17H,5,8-15H2,1H3/p+1/t17-/m1/s1. The molecule has 1 N–H and O–H groups in total. The van der Waals surface area contributed by atoms with Crippen molar-refractivity contribution in [3.63, 3.8) is 0 Å². The summed E-state index contributed by atoms with van der Waals surface area (Å²) in [6, 6.07) is 10.4. The van der Waals surface area contributed by atoms with E-state index in [0.29, 0.717) is 13.1 Å². The van der Waals surface area contributed by atoms with Gasteiger partial charge in [0.05, 0.1) is 38.4 Å². The van der Waals surface area contributed by atoms with Crippen LogP contribution < -0.4 is 4.90 Å². The van der Waals surface area contributed by atoms with Gasteiger partial charge in [0.2, 0.25) is 15.9 Å². The first-order valence-electron chi connectivity index (χ1n) is 9.05. The van der Waals surface area contributed by atoms with Crippen molar-refractivity contribution in [2.75, 3.05) is 45.5 Å². The van der Waals surface area contributed by atoms with Gasteiger partial charge in [0.15, 0.2) is 0 Å². The minimum Gasteiger partial charge on any atom is -0.331 e. The van der Waals surface area contributed by atoms with Crippen LogP contribution in [0, 0.1) is 5.92 Å². The topological polar surface area (TPSA) is 62.1 Å². The van der Waals surface area contributed by atoms with Gasteiger partial charge in [-0.1, -0.05) is 30.3 Å². The molecule has 2 saturated heterocycles. The molecule has 2 aliphatic heterocycles. The number of rotatable bonds is 4. The van der Waals surface area contributed by atoms with E-state index in [2.05, 4.69) is 24.3 Å². The summed E-state index contributed by atoms with van der Waals surface area (Å²) in [6.07, 6.45) is 2.79. The van der Waals surface area contributed by atoms with E-state index in [1.165, 1.54) is 21.0 Å². The molecule has 0 saturated carbocycles. The van der Waals surface area contributed by atoms with Crippen LogP contribution in [0.5, 0.6) is 0 Å². The Bertz CT molecular complexity index is 685. The molecule has 0 aromatic heterocycles. The molecule has 2 fully saturated rings. The average molecular weight is 367 g/mol. The van der Waals surface area contributed by atoms with Crippen LogP contribution in [0.1, 0.15) is 18.4 Å². The number of sulfonamides is 1. The molecule has 1 aromatic rings. The SMILES string of the molecule is CS(=O)(=O)N1CCC[C@@H](C(=O)N2CC[NH+](Cc3ccccc3)CC2)C1. The van der Waals surface area contributed by atoms with Gasteiger partial charge in [0.1, 0.15) is 6.54 Å². The van der Waals surface area contributed by atoms with Crippen molar-refractivity contribution in [2.24, 2.45) is 5.92 Å². The van der Waals surface area contributed by atoms with Gasteiger partial charge < -0.3 is 9.80 Å². The summed E-state index contributed by atoms with van der Waals surface area (Å²) in [5.41, 5.74) is 1.33. The zero-order valence-electron chi connectivity index (χ0n) is 14.9. The molecule has 2 heterocycles. The van der Waals surface area contributed by atoms with Gasteiger partial charge in [-0.05, 0) is 12.8 Å². The third-order valence-corrected chi connectivity index (χ3v) is 6.55. The first-order chi connectivity index (χ1) is 11.9. The van der Waals surface area contributed by atoms with Crippen molar-refractivity contribution >= 4 is 15.9 Å². The van der Waals surface area contributed by atoms with E-state index < -0.39 is 10.0 Å². The van der Waals surface area contributed by atoms with Crippen molar-refractivity contribution in [3.8, 4) is 0 Å². The minimum absolute atomic E-state index is 0.132. The fraction of sp³-hybridized carbons (Fsp3) is 0.611. The predicted octanol–water partition coefficient (Wildman–Crippen LogP) is -0.415. The normalized spacial score (nSPS) is 23.6. The van der Waals surface area contributed by atoms with Crippen LogP contribution in [0.2, 0.25) is 0 Å². The quantitative estimate of drug-likeness (QED) is 0.788. The highest BCUT2D eigenvalue weighted by Crippen LogP contribution is 2.20. The Morgan fingerprint density at radius 3 is 2.48 bits per heavy atom. The summed E-state index contributed by atoms with van der Waals surface area (Å²) in [5.74, 6) is -0.0498. The van der Waals surface area contributed by atoms with E-state index in [4.69, 9.17) is 0 Å². The van der Waals surface area contributed by atoms with Crippen molar-refractivity contribution in [2.45, 2.75) is 19.4 Å². The van der Waals surface area contributed by atoms with Crippen LogP contribution in [0.25, 0.3) is 0 Å².